The lowest BCUT2D eigenvalue weighted by molar-refractivity contribution is 0.102. The molecule has 0 radical (unpaired) electrons. The third kappa shape index (κ3) is 2.94. The standard InChI is InChI=1S/C10H7Cl2N3OS/c1-5-2-3-6(11)7(4-5)13-8(16)9-14-15-10(12)17-9/h2-4H,1H3,(H,13,16). The Balaban J connectivity index is 2.21. The molecule has 0 atom stereocenters. The number of carbonyl (C=O) groups is 1. The van der Waals surface area contributed by atoms with Crippen LogP contribution in [-0.2, 0) is 0 Å². The van der Waals surface area contributed by atoms with Crippen LogP contribution in [0.2, 0.25) is 9.49 Å². The molecular weight excluding hydrogens is 281 g/mol. The van der Waals surface area contributed by atoms with Gasteiger partial charge in [0.1, 0.15) is 0 Å². The van der Waals surface area contributed by atoms with Gasteiger partial charge in [0, 0.05) is 0 Å². The second-order valence-electron chi connectivity index (χ2n) is 3.30. The van der Waals surface area contributed by atoms with Gasteiger partial charge in [-0.15, -0.1) is 10.2 Å². The number of aromatic nitrogens is 2. The fourth-order valence-corrected chi connectivity index (χ4v) is 2.10. The Kier molecular flexibility index (Phi) is 3.61. The Bertz CT molecular complexity index is 570. The first-order valence-corrected chi connectivity index (χ1v) is 6.20. The number of anilines is 1. The van der Waals surface area contributed by atoms with Crippen molar-refractivity contribution < 1.29 is 4.79 Å². The summed E-state index contributed by atoms with van der Waals surface area (Å²) in [5.74, 6) is -0.373. The maximum absolute atomic E-state index is 11.8. The quantitative estimate of drug-likeness (QED) is 0.921. The number of halogens is 2. The maximum Gasteiger partial charge on any atom is 0.286 e. The molecule has 0 fully saturated rings. The summed E-state index contributed by atoms with van der Waals surface area (Å²) in [7, 11) is 0. The fourth-order valence-electron chi connectivity index (χ4n) is 1.21. The van der Waals surface area contributed by atoms with E-state index in [1.54, 1.807) is 12.1 Å². The number of aryl methyl sites for hydroxylation is 1. The van der Waals surface area contributed by atoms with Crippen molar-refractivity contribution in [3.05, 3.63) is 38.3 Å². The zero-order valence-electron chi connectivity index (χ0n) is 8.70. The van der Waals surface area contributed by atoms with E-state index in [1.165, 1.54) is 0 Å². The zero-order chi connectivity index (χ0) is 12.4. The van der Waals surface area contributed by atoms with Gasteiger partial charge in [0.15, 0.2) is 0 Å². The second kappa shape index (κ2) is 5.00. The van der Waals surface area contributed by atoms with Gasteiger partial charge in [-0.3, -0.25) is 4.79 Å². The first-order chi connectivity index (χ1) is 8.06. The Morgan fingerprint density at radius 1 is 1.35 bits per heavy atom. The highest BCUT2D eigenvalue weighted by Crippen LogP contribution is 2.24. The zero-order valence-corrected chi connectivity index (χ0v) is 11.0. The molecule has 2 rings (SSSR count). The molecule has 17 heavy (non-hydrogen) atoms. The Morgan fingerprint density at radius 3 is 2.76 bits per heavy atom. The van der Waals surface area contributed by atoms with Crippen molar-refractivity contribution in [2.45, 2.75) is 6.92 Å². The summed E-state index contributed by atoms with van der Waals surface area (Å²) in [6.07, 6.45) is 0. The molecule has 0 aliphatic rings. The van der Waals surface area contributed by atoms with E-state index >= 15 is 0 Å². The third-order valence-corrected chi connectivity index (χ3v) is 3.31. The van der Waals surface area contributed by atoms with Crippen LogP contribution in [0.15, 0.2) is 18.2 Å². The molecule has 1 aromatic carbocycles. The Morgan fingerprint density at radius 2 is 2.12 bits per heavy atom. The largest absolute Gasteiger partial charge is 0.318 e. The summed E-state index contributed by atoms with van der Waals surface area (Å²) in [6.45, 7) is 1.91. The minimum atomic E-state index is -0.373. The highest BCUT2D eigenvalue weighted by Gasteiger charge is 2.13. The SMILES string of the molecule is Cc1ccc(Cl)c(NC(=O)c2nnc(Cl)s2)c1. The van der Waals surface area contributed by atoms with E-state index in [0.717, 1.165) is 16.9 Å². The van der Waals surface area contributed by atoms with Crippen molar-refractivity contribution in [2.75, 3.05) is 5.32 Å². The van der Waals surface area contributed by atoms with Crippen LogP contribution in [0, 0.1) is 6.92 Å². The van der Waals surface area contributed by atoms with Crippen LogP contribution >= 0.6 is 34.5 Å². The predicted octanol–water partition coefficient (Wildman–Crippen LogP) is 3.41. The normalized spacial score (nSPS) is 10.3. The van der Waals surface area contributed by atoms with Crippen LogP contribution in [0.25, 0.3) is 0 Å². The molecule has 4 nitrogen and oxygen atoms in total. The van der Waals surface area contributed by atoms with Gasteiger partial charge >= 0.3 is 0 Å². The lowest BCUT2D eigenvalue weighted by Gasteiger charge is -2.05. The molecule has 0 aliphatic carbocycles. The van der Waals surface area contributed by atoms with Gasteiger partial charge in [0.05, 0.1) is 10.7 Å². The van der Waals surface area contributed by atoms with Gasteiger partial charge in [-0.25, -0.2) is 0 Å². The topological polar surface area (TPSA) is 54.9 Å². The van der Waals surface area contributed by atoms with E-state index in [2.05, 4.69) is 15.5 Å². The van der Waals surface area contributed by atoms with E-state index in [9.17, 15) is 4.79 Å². The van der Waals surface area contributed by atoms with Crippen molar-refractivity contribution in [1.29, 1.82) is 0 Å². The molecular formula is C10H7Cl2N3OS. The van der Waals surface area contributed by atoms with Gasteiger partial charge < -0.3 is 5.32 Å². The second-order valence-corrected chi connectivity index (χ2v) is 5.26. The number of benzene rings is 1. The van der Waals surface area contributed by atoms with Crippen LogP contribution in [0.1, 0.15) is 15.4 Å². The van der Waals surface area contributed by atoms with Crippen molar-refractivity contribution in [2.24, 2.45) is 0 Å². The number of rotatable bonds is 2. The molecule has 2 aromatic rings. The van der Waals surface area contributed by atoms with Crippen molar-refractivity contribution in [3.63, 3.8) is 0 Å². The van der Waals surface area contributed by atoms with Crippen LogP contribution in [0.3, 0.4) is 0 Å². The van der Waals surface area contributed by atoms with Gasteiger partial charge in [-0.2, -0.15) is 0 Å². The molecule has 0 unspecified atom stereocenters. The first kappa shape index (κ1) is 12.3. The summed E-state index contributed by atoms with van der Waals surface area (Å²) < 4.78 is 0.227. The van der Waals surface area contributed by atoms with Crippen LogP contribution in [-0.4, -0.2) is 16.1 Å². The third-order valence-electron chi connectivity index (χ3n) is 1.96. The number of hydrogen-bond acceptors (Lipinski definition) is 4. The highest BCUT2D eigenvalue weighted by atomic mass is 35.5. The minimum Gasteiger partial charge on any atom is -0.318 e. The Labute approximate surface area is 112 Å². The molecule has 0 bridgehead atoms. The van der Waals surface area contributed by atoms with Crippen LogP contribution in [0.5, 0.6) is 0 Å². The van der Waals surface area contributed by atoms with Crippen LogP contribution in [0.4, 0.5) is 5.69 Å². The molecule has 1 amide bonds. The number of amides is 1. The molecule has 0 spiro atoms. The number of nitrogens with zero attached hydrogens (tertiary/aromatic N) is 2. The van der Waals surface area contributed by atoms with Gasteiger partial charge in [-0.1, -0.05) is 29.0 Å². The molecule has 88 valence electrons. The van der Waals surface area contributed by atoms with Gasteiger partial charge in [0.2, 0.25) is 9.47 Å². The molecule has 1 aromatic heterocycles. The van der Waals surface area contributed by atoms with Gasteiger partial charge in [-0.05, 0) is 36.2 Å². The Hall–Kier alpha value is -1.17. The van der Waals surface area contributed by atoms with Gasteiger partial charge in [0.25, 0.3) is 5.91 Å². The summed E-state index contributed by atoms with van der Waals surface area (Å²) >= 11 is 12.6. The fraction of sp³-hybridized carbons (Fsp3) is 0.100. The van der Waals surface area contributed by atoms with E-state index in [0.29, 0.717) is 10.7 Å². The lowest BCUT2D eigenvalue weighted by Crippen LogP contribution is -2.12. The van der Waals surface area contributed by atoms with Crippen molar-refractivity contribution in [1.82, 2.24) is 10.2 Å². The summed E-state index contributed by atoms with van der Waals surface area (Å²) in [5, 5.41) is 10.5. The number of nitrogens with one attached hydrogen (secondary N) is 1. The minimum absolute atomic E-state index is 0.201. The van der Waals surface area contributed by atoms with E-state index in [-0.39, 0.29) is 15.4 Å². The molecule has 0 saturated carbocycles. The first-order valence-electron chi connectivity index (χ1n) is 4.63. The van der Waals surface area contributed by atoms with E-state index in [4.69, 9.17) is 23.2 Å². The summed E-state index contributed by atoms with van der Waals surface area (Å²) in [6, 6.07) is 5.36. The monoisotopic (exact) mass is 287 g/mol. The van der Waals surface area contributed by atoms with E-state index in [1.807, 2.05) is 13.0 Å². The highest BCUT2D eigenvalue weighted by molar-refractivity contribution is 7.17. The van der Waals surface area contributed by atoms with E-state index < -0.39 is 0 Å². The average Bonchev–Trinajstić information content (AvgIpc) is 2.70. The number of carbonyl (C=O) groups excluding carboxylic acids is 1. The average molecular weight is 288 g/mol. The molecule has 0 aliphatic heterocycles. The molecule has 1 N–H and O–H groups in total. The lowest BCUT2D eigenvalue weighted by atomic mass is 10.2. The summed E-state index contributed by atoms with van der Waals surface area (Å²) in [4.78, 5) is 11.8. The van der Waals surface area contributed by atoms with Crippen LogP contribution < -0.4 is 5.32 Å². The van der Waals surface area contributed by atoms with Crippen molar-refractivity contribution in [3.8, 4) is 0 Å². The molecule has 0 saturated heterocycles. The van der Waals surface area contributed by atoms with Crippen molar-refractivity contribution >= 4 is 46.1 Å². The smallest absolute Gasteiger partial charge is 0.286 e. The molecule has 7 heteroatoms. The molecule has 1 heterocycles. The predicted molar refractivity (Wildman–Crippen MR) is 69.1 cm³/mol. The summed E-state index contributed by atoms with van der Waals surface area (Å²) in [5.41, 5.74) is 1.54. The number of hydrogen-bond donors (Lipinski definition) is 1. The maximum atomic E-state index is 11.8.